The van der Waals surface area contributed by atoms with Crippen LogP contribution in [-0.4, -0.2) is 32.3 Å². The molecule has 0 radical (unpaired) electrons. The molecule has 0 bridgehead atoms. The number of hydrogen-bond acceptors (Lipinski definition) is 4. The average Bonchev–Trinajstić information content (AvgIpc) is 2.53. The number of rotatable bonds is 6. The SMILES string of the molecule is COc1ccc(N)c(C(=O)NCCOC2CCCCC2)c1. The third-order valence-electron chi connectivity index (χ3n) is 3.80. The van der Waals surface area contributed by atoms with E-state index in [2.05, 4.69) is 5.32 Å². The van der Waals surface area contributed by atoms with Crippen molar-refractivity contribution in [1.82, 2.24) is 5.32 Å². The number of amides is 1. The Labute approximate surface area is 125 Å². The number of benzene rings is 1. The van der Waals surface area contributed by atoms with Gasteiger partial charge in [-0.3, -0.25) is 4.79 Å². The molecule has 116 valence electrons. The van der Waals surface area contributed by atoms with Crippen LogP contribution in [0.5, 0.6) is 5.75 Å². The van der Waals surface area contributed by atoms with Crippen molar-refractivity contribution in [2.75, 3.05) is 26.0 Å². The Balaban J connectivity index is 1.76. The van der Waals surface area contributed by atoms with Crippen molar-refractivity contribution in [3.63, 3.8) is 0 Å². The van der Waals surface area contributed by atoms with Gasteiger partial charge in [0.1, 0.15) is 5.75 Å². The fourth-order valence-corrected chi connectivity index (χ4v) is 2.58. The Kier molecular flexibility index (Phi) is 5.87. The summed E-state index contributed by atoms with van der Waals surface area (Å²) in [6, 6.07) is 5.05. The molecule has 0 aromatic heterocycles. The van der Waals surface area contributed by atoms with Gasteiger partial charge in [0.15, 0.2) is 0 Å². The summed E-state index contributed by atoms with van der Waals surface area (Å²) in [5, 5.41) is 2.83. The van der Waals surface area contributed by atoms with E-state index >= 15 is 0 Å². The minimum absolute atomic E-state index is 0.196. The smallest absolute Gasteiger partial charge is 0.253 e. The fraction of sp³-hybridized carbons (Fsp3) is 0.562. The zero-order valence-electron chi connectivity index (χ0n) is 12.6. The second kappa shape index (κ2) is 7.88. The van der Waals surface area contributed by atoms with Crippen molar-refractivity contribution in [1.29, 1.82) is 0 Å². The molecule has 0 unspecified atom stereocenters. The number of hydrogen-bond donors (Lipinski definition) is 2. The second-order valence-electron chi connectivity index (χ2n) is 5.34. The van der Waals surface area contributed by atoms with Gasteiger partial charge in [0.25, 0.3) is 5.91 Å². The molecule has 3 N–H and O–H groups in total. The van der Waals surface area contributed by atoms with Gasteiger partial charge in [0.05, 0.1) is 25.4 Å². The van der Waals surface area contributed by atoms with Crippen LogP contribution >= 0.6 is 0 Å². The van der Waals surface area contributed by atoms with E-state index in [0.29, 0.717) is 36.3 Å². The van der Waals surface area contributed by atoms with Crippen LogP contribution in [0, 0.1) is 0 Å². The van der Waals surface area contributed by atoms with E-state index in [-0.39, 0.29) is 5.91 Å². The largest absolute Gasteiger partial charge is 0.497 e. The lowest BCUT2D eigenvalue weighted by atomic mass is 9.98. The molecule has 0 spiro atoms. The quantitative estimate of drug-likeness (QED) is 0.623. The zero-order chi connectivity index (χ0) is 15.1. The molecular formula is C16H24N2O3. The summed E-state index contributed by atoms with van der Waals surface area (Å²) in [6.45, 7) is 1.03. The van der Waals surface area contributed by atoms with E-state index < -0.39 is 0 Å². The molecule has 5 heteroatoms. The van der Waals surface area contributed by atoms with Crippen LogP contribution in [0.2, 0.25) is 0 Å². The molecule has 0 heterocycles. The molecule has 1 amide bonds. The minimum Gasteiger partial charge on any atom is -0.497 e. The highest BCUT2D eigenvalue weighted by Gasteiger charge is 2.14. The van der Waals surface area contributed by atoms with Crippen LogP contribution in [0.3, 0.4) is 0 Å². The van der Waals surface area contributed by atoms with Crippen molar-refractivity contribution in [3.05, 3.63) is 23.8 Å². The lowest BCUT2D eigenvalue weighted by molar-refractivity contribution is 0.0299. The highest BCUT2D eigenvalue weighted by molar-refractivity contribution is 5.99. The van der Waals surface area contributed by atoms with Gasteiger partial charge in [-0.2, -0.15) is 0 Å². The number of anilines is 1. The van der Waals surface area contributed by atoms with Crippen LogP contribution < -0.4 is 15.8 Å². The van der Waals surface area contributed by atoms with E-state index in [1.165, 1.54) is 19.3 Å². The predicted octanol–water partition coefficient (Wildman–Crippen LogP) is 2.36. The highest BCUT2D eigenvalue weighted by atomic mass is 16.5. The molecular weight excluding hydrogens is 268 g/mol. The maximum absolute atomic E-state index is 12.1. The number of carbonyl (C=O) groups is 1. The van der Waals surface area contributed by atoms with E-state index in [0.717, 1.165) is 12.8 Å². The average molecular weight is 292 g/mol. The molecule has 0 saturated heterocycles. The number of nitrogen functional groups attached to an aromatic ring is 1. The lowest BCUT2D eigenvalue weighted by Crippen LogP contribution is -2.29. The second-order valence-corrected chi connectivity index (χ2v) is 5.34. The summed E-state index contributed by atoms with van der Waals surface area (Å²) >= 11 is 0. The summed E-state index contributed by atoms with van der Waals surface area (Å²) in [7, 11) is 1.56. The predicted molar refractivity (Wildman–Crippen MR) is 82.6 cm³/mol. The number of nitrogens with two attached hydrogens (primary N) is 1. The first kappa shape index (κ1) is 15.6. The standard InChI is InChI=1S/C16H24N2O3/c1-20-13-7-8-15(17)14(11-13)16(19)18-9-10-21-12-5-3-2-4-6-12/h7-8,11-12H,2-6,9-10,17H2,1H3,(H,18,19). The van der Waals surface area contributed by atoms with Gasteiger partial charge in [0.2, 0.25) is 0 Å². The van der Waals surface area contributed by atoms with Crippen molar-refractivity contribution < 1.29 is 14.3 Å². The van der Waals surface area contributed by atoms with Crippen LogP contribution in [0.1, 0.15) is 42.5 Å². The van der Waals surface area contributed by atoms with Crippen molar-refractivity contribution in [2.45, 2.75) is 38.2 Å². The summed E-state index contributed by atoms with van der Waals surface area (Å²) in [5.74, 6) is 0.423. The van der Waals surface area contributed by atoms with E-state index in [1.807, 2.05) is 0 Å². The Bertz CT molecular complexity index is 471. The highest BCUT2D eigenvalue weighted by Crippen LogP contribution is 2.20. The number of methoxy groups -OCH3 is 1. The van der Waals surface area contributed by atoms with Gasteiger partial charge in [0, 0.05) is 12.2 Å². The maximum atomic E-state index is 12.1. The third-order valence-corrected chi connectivity index (χ3v) is 3.80. The topological polar surface area (TPSA) is 73.6 Å². The lowest BCUT2D eigenvalue weighted by Gasteiger charge is -2.22. The molecule has 2 rings (SSSR count). The summed E-state index contributed by atoms with van der Waals surface area (Å²) in [6.07, 6.45) is 6.44. The Morgan fingerprint density at radius 3 is 2.81 bits per heavy atom. The first-order chi connectivity index (χ1) is 10.2. The first-order valence-corrected chi connectivity index (χ1v) is 7.54. The number of carbonyl (C=O) groups excluding carboxylic acids is 1. The molecule has 0 atom stereocenters. The molecule has 5 nitrogen and oxygen atoms in total. The molecule has 1 aliphatic carbocycles. The van der Waals surface area contributed by atoms with E-state index in [1.54, 1.807) is 25.3 Å². The summed E-state index contributed by atoms with van der Waals surface area (Å²) < 4.78 is 10.9. The van der Waals surface area contributed by atoms with Crippen LogP contribution in [-0.2, 0) is 4.74 Å². The Morgan fingerprint density at radius 1 is 1.33 bits per heavy atom. The van der Waals surface area contributed by atoms with Gasteiger partial charge >= 0.3 is 0 Å². The van der Waals surface area contributed by atoms with Crippen LogP contribution in [0.4, 0.5) is 5.69 Å². The van der Waals surface area contributed by atoms with Crippen LogP contribution in [0.15, 0.2) is 18.2 Å². The van der Waals surface area contributed by atoms with Crippen LogP contribution in [0.25, 0.3) is 0 Å². The minimum atomic E-state index is -0.196. The molecule has 0 aliphatic heterocycles. The van der Waals surface area contributed by atoms with Crippen molar-refractivity contribution in [2.24, 2.45) is 0 Å². The first-order valence-electron chi connectivity index (χ1n) is 7.54. The zero-order valence-corrected chi connectivity index (χ0v) is 12.6. The monoisotopic (exact) mass is 292 g/mol. The molecule has 1 aromatic carbocycles. The normalized spacial score (nSPS) is 15.7. The van der Waals surface area contributed by atoms with Crippen molar-refractivity contribution >= 4 is 11.6 Å². The van der Waals surface area contributed by atoms with Gasteiger partial charge in [-0.05, 0) is 31.0 Å². The van der Waals surface area contributed by atoms with Gasteiger partial charge in [-0.1, -0.05) is 19.3 Å². The molecule has 1 aromatic rings. The molecule has 1 saturated carbocycles. The maximum Gasteiger partial charge on any atom is 0.253 e. The van der Waals surface area contributed by atoms with Crippen molar-refractivity contribution in [3.8, 4) is 5.75 Å². The summed E-state index contributed by atoms with van der Waals surface area (Å²) in [5.41, 5.74) is 6.70. The Hall–Kier alpha value is -1.75. The Morgan fingerprint density at radius 2 is 2.10 bits per heavy atom. The van der Waals surface area contributed by atoms with Gasteiger partial charge in [-0.15, -0.1) is 0 Å². The van der Waals surface area contributed by atoms with E-state index in [9.17, 15) is 4.79 Å². The molecule has 1 fully saturated rings. The number of nitrogens with one attached hydrogen (secondary N) is 1. The summed E-state index contributed by atoms with van der Waals surface area (Å²) in [4.78, 5) is 12.1. The fourth-order valence-electron chi connectivity index (χ4n) is 2.58. The number of ether oxygens (including phenoxy) is 2. The van der Waals surface area contributed by atoms with Gasteiger partial charge < -0.3 is 20.5 Å². The third kappa shape index (κ3) is 4.63. The van der Waals surface area contributed by atoms with E-state index in [4.69, 9.17) is 15.2 Å². The molecule has 21 heavy (non-hydrogen) atoms. The van der Waals surface area contributed by atoms with Gasteiger partial charge in [-0.25, -0.2) is 0 Å². The molecule has 1 aliphatic rings.